The third-order valence-electron chi connectivity index (χ3n) is 4.65. The molecule has 3 aromatic rings. The van der Waals surface area contributed by atoms with Gasteiger partial charge in [-0.05, 0) is 0 Å². The van der Waals surface area contributed by atoms with Gasteiger partial charge in [0, 0.05) is 0 Å². The molecule has 0 N–H and O–H groups in total. The Kier molecular flexibility index (Phi) is 8.67. The predicted octanol–water partition coefficient (Wildman–Crippen LogP) is 6.55. The Bertz CT molecular complexity index is 810. The van der Waals surface area contributed by atoms with E-state index in [4.69, 9.17) is 0 Å². The van der Waals surface area contributed by atoms with Crippen molar-refractivity contribution in [2.24, 2.45) is 0 Å². The van der Waals surface area contributed by atoms with Gasteiger partial charge >= 0.3 is 149 Å². The molecule has 0 fully saturated rings. The van der Waals surface area contributed by atoms with Crippen LogP contribution in [0, 0.1) is 0 Å². The number of halogens is 3. The van der Waals surface area contributed by atoms with Crippen LogP contribution in [0.4, 0.5) is 0 Å². The standard InChI is InChI=1S/C22H17.3ClH.Ti/c1-3-10-18(11-4-1)22(19-12-5-2-6-13-19)21-16-15-17-9-7-8-14-20(17)21;;;;/h1-16,22H;3*1H;. The van der Waals surface area contributed by atoms with Crippen molar-refractivity contribution in [3.05, 3.63) is 113 Å². The molecular weight excluding hydrogens is 418 g/mol. The fourth-order valence-electron chi connectivity index (χ4n) is 3.59. The van der Waals surface area contributed by atoms with E-state index in [0.29, 0.717) is 5.92 Å². The summed E-state index contributed by atoms with van der Waals surface area (Å²) in [5.74, 6) is 0.310. The molecule has 0 saturated heterocycles. The maximum atomic E-state index is 2.38. The first-order chi connectivity index (χ1) is 11.3. The molecule has 0 aromatic heterocycles. The molecule has 0 bridgehead atoms. The Labute approximate surface area is 185 Å². The van der Waals surface area contributed by atoms with E-state index in [0.717, 1.165) is 0 Å². The molecule has 0 aliphatic heterocycles. The molecule has 1 unspecified atom stereocenters. The van der Waals surface area contributed by atoms with Crippen molar-refractivity contribution >= 4 is 43.3 Å². The first kappa shape index (κ1) is 23.0. The van der Waals surface area contributed by atoms with E-state index in [-0.39, 0.29) is 40.9 Å². The Morgan fingerprint density at radius 2 is 1.08 bits per heavy atom. The minimum atomic E-state index is -0.0285. The summed E-state index contributed by atoms with van der Waals surface area (Å²) in [6, 6.07) is 30.5. The molecule has 133 valence electrons. The van der Waals surface area contributed by atoms with Gasteiger partial charge < -0.3 is 0 Å². The van der Waals surface area contributed by atoms with E-state index < -0.39 is 0 Å². The van der Waals surface area contributed by atoms with Gasteiger partial charge in [0.1, 0.15) is 0 Å². The second-order valence-corrected chi connectivity index (χ2v) is 7.34. The van der Waals surface area contributed by atoms with Crippen LogP contribution in [-0.2, 0) is 24.2 Å². The maximum absolute atomic E-state index is 2.38. The zero-order chi connectivity index (χ0) is 15.7. The predicted molar refractivity (Wildman–Crippen MR) is 114 cm³/mol. The van der Waals surface area contributed by atoms with Crippen LogP contribution >= 0.6 is 37.2 Å². The number of benzene rings is 3. The average Bonchev–Trinajstić information content (AvgIpc) is 2.95. The fourth-order valence-corrected chi connectivity index (χ4v) is 4.60. The molecule has 0 saturated carbocycles. The van der Waals surface area contributed by atoms with Crippen molar-refractivity contribution in [2.45, 2.75) is 9.64 Å². The van der Waals surface area contributed by atoms with Gasteiger partial charge in [-0.15, -0.1) is 37.2 Å². The van der Waals surface area contributed by atoms with Gasteiger partial charge in [-0.2, -0.15) is 0 Å². The van der Waals surface area contributed by atoms with Gasteiger partial charge in [0.25, 0.3) is 0 Å². The normalized spacial score (nSPS) is 16.8. The van der Waals surface area contributed by atoms with E-state index in [1.165, 1.54) is 22.3 Å². The van der Waals surface area contributed by atoms with Crippen molar-refractivity contribution in [3.8, 4) is 0 Å². The molecule has 26 heavy (non-hydrogen) atoms. The first-order valence-corrected chi connectivity index (χ1v) is 8.71. The number of rotatable bonds is 3. The molecule has 0 nitrogen and oxygen atoms in total. The fraction of sp³-hybridized carbons (Fsp3) is 0.0909. The van der Waals surface area contributed by atoms with E-state index in [1.54, 1.807) is 0 Å². The molecule has 1 atom stereocenters. The molecule has 3 aromatic carbocycles. The Hall–Kier alpha value is -1.02. The number of allylic oxidation sites excluding steroid dienone is 1. The van der Waals surface area contributed by atoms with Crippen molar-refractivity contribution in [1.29, 1.82) is 0 Å². The van der Waals surface area contributed by atoms with Crippen LogP contribution in [-0.4, -0.2) is 0 Å². The van der Waals surface area contributed by atoms with Gasteiger partial charge in [-0.3, -0.25) is 0 Å². The summed E-state index contributed by atoms with van der Waals surface area (Å²) in [6.07, 6.45) is 4.65. The van der Waals surface area contributed by atoms with Gasteiger partial charge in [-0.1, -0.05) is 0 Å². The molecule has 4 rings (SSSR count). The van der Waals surface area contributed by atoms with E-state index in [9.17, 15) is 0 Å². The van der Waals surface area contributed by atoms with E-state index in [1.807, 2.05) is 0 Å². The number of hydrogen-bond donors (Lipinski definition) is 0. The van der Waals surface area contributed by atoms with E-state index >= 15 is 0 Å². The van der Waals surface area contributed by atoms with Crippen LogP contribution in [0.5, 0.6) is 0 Å². The quantitative estimate of drug-likeness (QED) is 0.407. The van der Waals surface area contributed by atoms with Crippen LogP contribution in [0.3, 0.4) is 0 Å². The summed E-state index contributed by atoms with van der Waals surface area (Å²) in [5.41, 5.74) is 5.48. The SMILES string of the molecule is Cl.Cl.Cl.[Ti][C]1(C(c2ccccc2)c2ccccc2)C=Cc2ccccc21. The molecule has 0 radical (unpaired) electrons. The second kappa shape index (κ2) is 9.79. The van der Waals surface area contributed by atoms with Gasteiger partial charge in [0.2, 0.25) is 0 Å². The average molecular weight is 439 g/mol. The number of fused-ring (bicyclic) bond motifs is 1. The molecule has 0 spiro atoms. The second-order valence-electron chi connectivity index (χ2n) is 6.04. The monoisotopic (exact) mass is 437 g/mol. The zero-order valence-electron chi connectivity index (χ0n) is 14.0. The number of hydrogen-bond acceptors (Lipinski definition) is 0. The summed E-state index contributed by atoms with van der Waals surface area (Å²) in [5, 5.41) is 0. The molecule has 0 amide bonds. The third-order valence-corrected chi connectivity index (χ3v) is 5.79. The molecule has 0 heterocycles. The van der Waals surface area contributed by atoms with Crippen molar-refractivity contribution in [3.63, 3.8) is 0 Å². The Balaban J connectivity index is 0.00000113. The van der Waals surface area contributed by atoms with Crippen LogP contribution in [0.1, 0.15) is 28.2 Å². The van der Waals surface area contributed by atoms with Crippen LogP contribution < -0.4 is 0 Å². The van der Waals surface area contributed by atoms with Crippen LogP contribution in [0.2, 0.25) is 0 Å². The van der Waals surface area contributed by atoms with Crippen LogP contribution in [0.15, 0.2) is 91.0 Å². The molecular formula is C22H20Cl3Ti. The van der Waals surface area contributed by atoms with Gasteiger partial charge in [0.05, 0.1) is 0 Å². The Morgan fingerprint density at radius 3 is 1.62 bits per heavy atom. The van der Waals surface area contributed by atoms with Crippen molar-refractivity contribution in [2.75, 3.05) is 0 Å². The summed E-state index contributed by atoms with van der Waals surface area (Å²) in [7, 11) is 0. The summed E-state index contributed by atoms with van der Waals surface area (Å²) < 4.78 is -0.0285. The summed E-state index contributed by atoms with van der Waals surface area (Å²) in [4.78, 5) is 0. The third kappa shape index (κ3) is 4.11. The van der Waals surface area contributed by atoms with Gasteiger partial charge in [-0.25, -0.2) is 0 Å². The van der Waals surface area contributed by atoms with Crippen LogP contribution in [0.25, 0.3) is 6.08 Å². The van der Waals surface area contributed by atoms with Crippen molar-refractivity contribution < 1.29 is 20.4 Å². The molecule has 1 aliphatic rings. The zero-order valence-corrected chi connectivity index (χ0v) is 18.1. The topological polar surface area (TPSA) is 0 Å². The summed E-state index contributed by atoms with van der Waals surface area (Å²) in [6.45, 7) is 0. The van der Waals surface area contributed by atoms with E-state index in [2.05, 4.69) is 118 Å². The molecule has 1 aliphatic carbocycles. The van der Waals surface area contributed by atoms with Crippen molar-refractivity contribution in [1.82, 2.24) is 0 Å². The first-order valence-electron chi connectivity index (χ1n) is 7.93. The molecule has 4 heteroatoms. The minimum absolute atomic E-state index is 0. The summed E-state index contributed by atoms with van der Waals surface area (Å²) >= 11 is 2.36. The Morgan fingerprint density at radius 1 is 0.615 bits per heavy atom. The van der Waals surface area contributed by atoms with Gasteiger partial charge in [0.15, 0.2) is 0 Å².